The first-order chi connectivity index (χ1) is 9.20. The Morgan fingerprint density at radius 1 is 1.42 bits per heavy atom. The molecule has 0 aromatic heterocycles. The molecule has 0 aliphatic heterocycles. The Morgan fingerprint density at radius 2 is 2.11 bits per heavy atom. The summed E-state index contributed by atoms with van der Waals surface area (Å²) >= 11 is 1.53. The molecular formula is C14H15FN2OS. The average Bonchev–Trinajstić information content (AvgIpc) is 3.22. The lowest BCUT2D eigenvalue weighted by Crippen LogP contribution is -2.33. The van der Waals surface area contributed by atoms with Crippen molar-refractivity contribution >= 4 is 17.7 Å². The van der Waals surface area contributed by atoms with Gasteiger partial charge in [-0.25, -0.2) is 4.39 Å². The Labute approximate surface area is 116 Å². The van der Waals surface area contributed by atoms with Crippen LogP contribution in [0.15, 0.2) is 29.2 Å². The van der Waals surface area contributed by atoms with Gasteiger partial charge in [0, 0.05) is 23.1 Å². The van der Waals surface area contributed by atoms with Crippen molar-refractivity contribution in [2.45, 2.75) is 30.2 Å². The second-order valence-corrected chi connectivity index (χ2v) is 5.63. The first-order valence-corrected chi connectivity index (χ1v) is 7.24. The maximum Gasteiger partial charge on any atom is 0.224 e. The lowest BCUT2D eigenvalue weighted by Gasteiger charge is -2.18. The molecule has 1 amide bonds. The molecule has 0 unspecified atom stereocenters. The smallest absolute Gasteiger partial charge is 0.224 e. The number of rotatable bonds is 6. The highest BCUT2D eigenvalue weighted by Gasteiger charge is 2.31. The molecule has 1 aromatic rings. The molecule has 1 fully saturated rings. The summed E-state index contributed by atoms with van der Waals surface area (Å²) in [5.74, 6) is 0.437. The molecule has 0 heterocycles. The van der Waals surface area contributed by atoms with E-state index >= 15 is 0 Å². The number of nitrogens with zero attached hydrogens (tertiary/aromatic N) is 2. The number of carbonyl (C=O) groups is 1. The van der Waals surface area contributed by atoms with E-state index in [1.165, 1.54) is 23.9 Å². The number of thioether (sulfide) groups is 1. The first kappa shape index (κ1) is 13.9. The molecule has 19 heavy (non-hydrogen) atoms. The normalized spacial score (nSPS) is 13.9. The van der Waals surface area contributed by atoms with E-state index in [1.54, 1.807) is 17.0 Å². The largest absolute Gasteiger partial charge is 0.326 e. The van der Waals surface area contributed by atoms with Crippen LogP contribution < -0.4 is 0 Å². The fourth-order valence-electron chi connectivity index (χ4n) is 1.81. The fourth-order valence-corrected chi connectivity index (χ4v) is 2.65. The number of hydrogen-bond acceptors (Lipinski definition) is 3. The third-order valence-corrected chi connectivity index (χ3v) is 3.96. The SMILES string of the molecule is N#CCN(C(=O)CCSc1ccc(F)cc1)C1CC1. The Balaban J connectivity index is 1.76. The Hall–Kier alpha value is -1.54. The van der Waals surface area contributed by atoms with Crippen molar-refractivity contribution < 1.29 is 9.18 Å². The van der Waals surface area contributed by atoms with Gasteiger partial charge in [-0.2, -0.15) is 5.26 Å². The lowest BCUT2D eigenvalue weighted by atomic mass is 10.3. The molecule has 0 bridgehead atoms. The van der Waals surface area contributed by atoms with Gasteiger partial charge in [-0.3, -0.25) is 4.79 Å². The highest BCUT2D eigenvalue weighted by Crippen LogP contribution is 2.27. The minimum absolute atomic E-state index is 0.0404. The number of carbonyl (C=O) groups excluding carboxylic acids is 1. The van der Waals surface area contributed by atoms with Gasteiger partial charge in [0.25, 0.3) is 0 Å². The van der Waals surface area contributed by atoms with E-state index in [4.69, 9.17) is 5.26 Å². The van der Waals surface area contributed by atoms with Crippen molar-refractivity contribution in [1.82, 2.24) is 4.90 Å². The van der Waals surface area contributed by atoms with Crippen LogP contribution in [0.25, 0.3) is 0 Å². The number of nitriles is 1. The summed E-state index contributed by atoms with van der Waals surface area (Å²) < 4.78 is 12.7. The molecule has 100 valence electrons. The zero-order valence-electron chi connectivity index (χ0n) is 10.5. The third-order valence-electron chi connectivity index (χ3n) is 2.95. The van der Waals surface area contributed by atoms with Gasteiger partial charge in [-0.15, -0.1) is 11.8 Å². The van der Waals surface area contributed by atoms with Crippen LogP contribution in [0, 0.1) is 17.1 Å². The molecule has 1 saturated carbocycles. The van der Waals surface area contributed by atoms with Gasteiger partial charge in [0.2, 0.25) is 5.91 Å². The van der Waals surface area contributed by atoms with Crippen molar-refractivity contribution in [1.29, 1.82) is 5.26 Å². The van der Waals surface area contributed by atoms with Crippen molar-refractivity contribution in [2.75, 3.05) is 12.3 Å². The van der Waals surface area contributed by atoms with Crippen molar-refractivity contribution in [3.63, 3.8) is 0 Å². The van der Waals surface area contributed by atoms with E-state index < -0.39 is 0 Å². The molecule has 0 radical (unpaired) electrons. The Kier molecular flexibility index (Phi) is 4.80. The molecule has 5 heteroatoms. The van der Waals surface area contributed by atoms with Crippen LogP contribution in [0.5, 0.6) is 0 Å². The minimum atomic E-state index is -0.255. The monoisotopic (exact) mass is 278 g/mol. The van der Waals surface area contributed by atoms with Crippen LogP contribution in [0.4, 0.5) is 4.39 Å². The zero-order chi connectivity index (χ0) is 13.7. The molecule has 0 N–H and O–H groups in total. The molecule has 2 rings (SSSR count). The van der Waals surface area contributed by atoms with E-state index in [2.05, 4.69) is 0 Å². The quantitative estimate of drug-likeness (QED) is 0.593. The minimum Gasteiger partial charge on any atom is -0.326 e. The summed E-state index contributed by atoms with van der Waals surface area (Å²) in [6.07, 6.45) is 2.44. The van der Waals surface area contributed by atoms with E-state index in [1.807, 2.05) is 6.07 Å². The summed E-state index contributed by atoms with van der Waals surface area (Å²) in [6.45, 7) is 0.185. The van der Waals surface area contributed by atoms with Crippen molar-refractivity contribution in [2.24, 2.45) is 0 Å². The highest BCUT2D eigenvalue weighted by molar-refractivity contribution is 7.99. The molecule has 0 spiro atoms. The zero-order valence-corrected chi connectivity index (χ0v) is 11.3. The summed E-state index contributed by atoms with van der Waals surface area (Å²) in [6, 6.07) is 8.56. The van der Waals surface area contributed by atoms with E-state index in [-0.39, 0.29) is 24.3 Å². The second-order valence-electron chi connectivity index (χ2n) is 4.46. The van der Waals surface area contributed by atoms with E-state index in [9.17, 15) is 9.18 Å². The van der Waals surface area contributed by atoms with Gasteiger partial charge in [-0.1, -0.05) is 0 Å². The summed E-state index contributed by atoms with van der Waals surface area (Å²) in [4.78, 5) is 14.6. The maximum atomic E-state index is 12.7. The molecule has 3 nitrogen and oxygen atoms in total. The number of hydrogen-bond donors (Lipinski definition) is 0. The van der Waals surface area contributed by atoms with Crippen LogP contribution in [0.3, 0.4) is 0 Å². The first-order valence-electron chi connectivity index (χ1n) is 6.25. The van der Waals surface area contributed by atoms with Gasteiger partial charge >= 0.3 is 0 Å². The van der Waals surface area contributed by atoms with Gasteiger partial charge in [-0.05, 0) is 37.1 Å². The molecule has 1 aliphatic carbocycles. The topological polar surface area (TPSA) is 44.1 Å². The number of benzene rings is 1. The van der Waals surface area contributed by atoms with Gasteiger partial charge < -0.3 is 4.90 Å². The number of halogens is 1. The summed E-state index contributed by atoms with van der Waals surface area (Å²) in [5, 5.41) is 8.71. The van der Waals surface area contributed by atoms with Crippen molar-refractivity contribution in [3.05, 3.63) is 30.1 Å². The number of amides is 1. The molecule has 0 atom stereocenters. The molecule has 1 aliphatic rings. The van der Waals surface area contributed by atoms with Gasteiger partial charge in [0.1, 0.15) is 12.4 Å². The standard InChI is InChI=1S/C14H15FN2OS/c15-11-1-5-13(6-2-11)19-10-7-14(18)17(9-8-16)12-3-4-12/h1-2,5-6,12H,3-4,7,9-10H2. The Morgan fingerprint density at radius 3 is 2.68 bits per heavy atom. The predicted octanol–water partition coefficient (Wildman–Crippen LogP) is 2.82. The van der Waals surface area contributed by atoms with E-state index in [0.29, 0.717) is 12.2 Å². The van der Waals surface area contributed by atoms with Crippen LogP contribution in [0.1, 0.15) is 19.3 Å². The molecular weight excluding hydrogens is 263 g/mol. The summed E-state index contributed by atoms with van der Waals surface area (Å²) in [5.41, 5.74) is 0. The van der Waals surface area contributed by atoms with Gasteiger partial charge in [0.05, 0.1) is 6.07 Å². The van der Waals surface area contributed by atoms with Crippen LogP contribution >= 0.6 is 11.8 Å². The molecule has 0 saturated heterocycles. The third kappa shape index (κ3) is 4.25. The predicted molar refractivity (Wildman–Crippen MR) is 72.1 cm³/mol. The van der Waals surface area contributed by atoms with Crippen molar-refractivity contribution in [3.8, 4) is 6.07 Å². The van der Waals surface area contributed by atoms with Crippen LogP contribution in [-0.4, -0.2) is 29.1 Å². The average molecular weight is 278 g/mol. The van der Waals surface area contributed by atoms with Gasteiger partial charge in [0.15, 0.2) is 0 Å². The van der Waals surface area contributed by atoms with Crippen LogP contribution in [0.2, 0.25) is 0 Å². The molecule has 1 aromatic carbocycles. The second kappa shape index (κ2) is 6.58. The Bertz CT molecular complexity index is 479. The van der Waals surface area contributed by atoms with Crippen LogP contribution in [-0.2, 0) is 4.79 Å². The summed E-state index contributed by atoms with van der Waals surface area (Å²) in [7, 11) is 0. The van der Waals surface area contributed by atoms with E-state index in [0.717, 1.165) is 17.7 Å². The fraction of sp³-hybridized carbons (Fsp3) is 0.429. The maximum absolute atomic E-state index is 12.7. The highest BCUT2D eigenvalue weighted by atomic mass is 32.2. The lowest BCUT2D eigenvalue weighted by molar-refractivity contribution is -0.130.